The highest BCUT2D eigenvalue weighted by Crippen LogP contribution is 2.24. The molecule has 27 heavy (non-hydrogen) atoms. The SMILES string of the molecule is CN=C(NCC(C)Sc1ccc(Br)cc1)NC1CCN(CCOC)CC1.I. The summed E-state index contributed by atoms with van der Waals surface area (Å²) in [6, 6.07) is 8.96. The molecule has 0 spiro atoms. The van der Waals surface area contributed by atoms with Gasteiger partial charge in [0.25, 0.3) is 0 Å². The van der Waals surface area contributed by atoms with Crippen LogP contribution in [0.4, 0.5) is 0 Å². The van der Waals surface area contributed by atoms with Gasteiger partial charge in [0.1, 0.15) is 0 Å². The van der Waals surface area contributed by atoms with Gasteiger partial charge in [-0.2, -0.15) is 0 Å². The Morgan fingerprint density at radius 2 is 2.00 bits per heavy atom. The fourth-order valence-corrected chi connectivity index (χ4v) is 4.13. The monoisotopic (exact) mass is 570 g/mol. The highest BCUT2D eigenvalue weighted by atomic mass is 127. The van der Waals surface area contributed by atoms with Crippen molar-refractivity contribution in [3.05, 3.63) is 28.7 Å². The summed E-state index contributed by atoms with van der Waals surface area (Å²) < 4.78 is 6.28. The van der Waals surface area contributed by atoms with Crippen molar-refractivity contribution in [2.45, 2.75) is 36.0 Å². The number of piperidine rings is 1. The second-order valence-electron chi connectivity index (χ2n) is 6.59. The Morgan fingerprint density at radius 3 is 2.59 bits per heavy atom. The fourth-order valence-electron chi connectivity index (χ4n) is 2.94. The van der Waals surface area contributed by atoms with Crippen LogP contribution in [0, 0.1) is 0 Å². The van der Waals surface area contributed by atoms with Crippen molar-refractivity contribution in [2.75, 3.05) is 46.9 Å². The first kappa shape index (κ1) is 25.0. The molecule has 2 N–H and O–H groups in total. The van der Waals surface area contributed by atoms with Crippen LogP contribution in [-0.2, 0) is 4.74 Å². The van der Waals surface area contributed by atoms with E-state index in [1.807, 2.05) is 18.8 Å². The van der Waals surface area contributed by atoms with E-state index < -0.39 is 0 Å². The Morgan fingerprint density at radius 1 is 1.33 bits per heavy atom. The molecule has 1 unspecified atom stereocenters. The number of halogens is 2. The zero-order chi connectivity index (χ0) is 18.8. The van der Waals surface area contributed by atoms with Crippen LogP contribution in [0.3, 0.4) is 0 Å². The third kappa shape index (κ3) is 9.83. The first-order valence-electron chi connectivity index (χ1n) is 9.21. The molecule has 0 bridgehead atoms. The highest BCUT2D eigenvalue weighted by Gasteiger charge is 2.19. The number of rotatable bonds is 8. The summed E-state index contributed by atoms with van der Waals surface area (Å²) >= 11 is 5.35. The third-order valence-electron chi connectivity index (χ3n) is 4.47. The molecule has 1 saturated heterocycles. The van der Waals surface area contributed by atoms with Crippen LogP contribution in [0.2, 0.25) is 0 Å². The number of nitrogens with one attached hydrogen (secondary N) is 2. The van der Waals surface area contributed by atoms with Crippen LogP contribution in [0.15, 0.2) is 38.6 Å². The number of guanidine groups is 1. The van der Waals surface area contributed by atoms with E-state index in [9.17, 15) is 0 Å². The van der Waals surface area contributed by atoms with Crippen LogP contribution in [0.1, 0.15) is 19.8 Å². The van der Waals surface area contributed by atoms with Gasteiger partial charge < -0.3 is 20.3 Å². The number of ether oxygens (including phenoxy) is 1. The molecular weight excluding hydrogens is 539 g/mol. The van der Waals surface area contributed by atoms with Crippen molar-refractivity contribution in [1.29, 1.82) is 0 Å². The van der Waals surface area contributed by atoms with Gasteiger partial charge in [-0.1, -0.05) is 22.9 Å². The second-order valence-corrected chi connectivity index (χ2v) is 9.02. The van der Waals surface area contributed by atoms with Gasteiger partial charge >= 0.3 is 0 Å². The lowest BCUT2D eigenvalue weighted by Crippen LogP contribution is -2.49. The first-order valence-corrected chi connectivity index (χ1v) is 10.9. The minimum atomic E-state index is 0. The Balaban J connectivity index is 0.00000364. The van der Waals surface area contributed by atoms with Crippen molar-refractivity contribution in [2.24, 2.45) is 4.99 Å². The molecule has 0 amide bonds. The van der Waals surface area contributed by atoms with E-state index >= 15 is 0 Å². The smallest absolute Gasteiger partial charge is 0.191 e. The highest BCUT2D eigenvalue weighted by molar-refractivity contribution is 14.0. The van der Waals surface area contributed by atoms with Crippen LogP contribution in [0.5, 0.6) is 0 Å². The average Bonchev–Trinajstić information content (AvgIpc) is 2.66. The molecule has 154 valence electrons. The summed E-state index contributed by atoms with van der Waals surface area (Å²) in [5.74, 6) is 0.906. The average molecular weight is 571 g/mol. The summed E-state index contributed by atoms with van der Waals surface area (Å²) in [7, 11) is 3.61. The number of thioether (sulfide) groups is 1. The van der Waals surface area contributed by atoms with Gasteiger partial charge in [-0.15, -0.1) is 35.7 Å². The van der Waals surface area contributed by atoms with Gasteiger partial charge in [0, 0.05) is 61.0 Å². The van der Waals surface area contributed by atoms with E-state index in [0.717, 1.165) is 56.1 Å². The predicted octanol–water partition coefficient (Wildman–Crippen LogP) is 3.82. The lowest BCUT2D eigenvalue weighted by molar-refractivity contribution is 0.128. The van der Waals surface area contributed by atoms with Gasteiger partial charge in [-0.05, 0) is 37.1 Å². The van der Waals surface area contributed by atoms with E-state index in [0.29, 0.717) is 11.3 Å². The minimum absolute atomic E-state index is 0. The molecule has 0 saturated carbocycles. The molecule has 0 aromatic heterocycles. The molecular formula is C19H32BrIN4OS. The molecule has 0 aliphatic carbocycles. The first-order chi connectivity index (χ1) is 12.6. The van der Waals surface area contributed by atoms with Gasteiger partial charge in [-0.3, -0.25) is 4.99 Å². The number of aliphatic imine (C=N–C) groups is 1. The molecule has 5 nitrogen and oxygen atoms in total. The fraction of sp³-hybridized carbons (Fsp3) is 0.632. The maximum atomic E-state index is 5.17. The van der Waals surface area contributed by atoms with Crippen molar-refractivity contribution >= 4 is 57.6 Å². The summed E-state index contributed by atoms with van der Waals surface area (Å²) in [5.41, 5.74) is 0. The van der Waals surface area contributed by atoms with Crippen LogP contribution >= 0.6 is 51.7 Å². The van der Waals surface area contributed by atoms with E-state index in [-0.39, 0.29) is 24.0 Å². The van der Waals surface area contributed by atoms with E-state index in [2.05, 4.69) is 67.6 Å². The Kier molecular flexibility index (Phi) is 13.0. The molecule has 0 radical (unpaired) electrons. The zero-order valence-corrected chi connectivity index (χ0v) is 21.1. The molecule has 1 heterocycles. The van der Waals surface area contributed by atoms with Crippen LogP contribution < -0.4 is 10.6 Å². The summed E-state index contributed by atoms with van der Waals surface area (Å²) in [6.07, 6.45) is 2.29. The van der Waals surface area contributed by atoms with E-state index in [1.165, 1.54) is 4.90 Å². The molecule has 1 aliphatic heterocycles. The van der Waals surface area contributed by atoms with Gasteiger partial charge in [0.15, 0.2) is 5.96 Å². The van der Waals surface area contributed by atoms with Gasteiger partial charge in [-0.25, -0.2) is 0 Å². The topological polar surface area (TPSA) is 48.9 Å². The molecule has 1 aromatic carbocycles. The number of hydrogen-bond donors (Lipinski definition) is 2. The largest absolute Gasteiger partial charge is 0.383 e. The van der Waals surface area contributed by atoms with Crippen molar-refractivity contribution in [3.8, 4) is 0 Å². The Labute approximate surface area is 193 Å². The van der Waals surface area contributed by atoms with Crippen molar-refractivity contribution < 1.29 is 4.74 Å². The van der Waals surface area contributed by atoms with E-state index in [1.54, 1.807) is 7.11 Å². The molecule has 1 atom stereocenters. The summed E-state index contributed by atoms with van der Waals surface area (Å²) in [4.78, 5) is 8.14. The quantitative estimate of drug-likeness (QED) is 0.215. The molecule has 1 aliphatic rings. The van der Waals surface area contributed by atoms with Gasteiger partial charge in [0.05, 0.1) is 6.61 Å². The summed E-state index contributed by atoms with van der Waals surface area (Å²) in [6.45, 7) is 7.20. The molecule has 8 heteroatoms. The lowest BCUT2D eigenvalue weighted by atomic mass is 10.1. The second kappa shape index (κ2) is 14.0. The van der Waals surface area contributed by atoms with Crippen LogP contribution in [-0.4, -0.2) is 69.1 Å². The van der Waals surface area contributed by atoms with Crippen LogP contribution in [0.25, 0.3) is 0 Å². The third-order valence-corrected chi connectivity index (χ3v) is 6.11. The zero-order valence-electron chi connectivity index (χ0n) is 16.4. The number of nitrogens with zero attached hydrogens (tertiary/aromatic N) is 2. The lowest BCUT2D eigenvalue weighted by Gasteiger charge is -2.33. The van der Waals surface area contributed by atoms with Crippen molar-refractivity contribution in [3.63, 3.8) is 0 Å². The van der Waals surface area contributed by atoms with Crippen molar-refractivity contribution in [1.82, 2.24) is 15.5 Å². The molecule has 2 rings (SSSR count). The van der Waals surface area contributed by atoms with Gasteiger partial charge in [0.2, 0.25) is 0 Å². The molecule has 1 fully saturated rings. The minimum Gasteiger partial charge on any atom is -0.383 e. The predicted molar refractivity (Wildman–Crippen MR) is 131 cm³/mol. The Hall–Kier alpha value is -0.0300. The normalized spacial score (nSPS) is 17.3. The number of methoxy groups -OCH3 is 1. The Bertz CT molecular complexity index is 553. The maximum Gasteiger partial charge on any atom is 0.191 e. The standard InChI is InChI=1S/C19H31BrN4OS.HI/c1-15(26-18-6-4-16(20)5-7-18)14-22-19(21-2)23-17-8-10-24(11-9-17)12-13-25-3;/h4-7,15,17H,8-14H2,1-3H3,(H2,21,22,23);1H. The summed E-state index contributed by atoms with van der Waals surface area (Å²) in [5, 5.41) is 7.51. The molecule has 1 aromatic rings. The number of benzene rings is 1. The maximum absolute atomic E-state index is 5.17. The van der Waals surface area contributed by atoms with E-state index in [4.69, 9.17) is 4.74 Å². The number of hydrogen-bond acceptors (Lipinski definition) is 4. The number of likely N-dealkylation sites (tertiary alicyclic amines) is 1.